The molecule has 9 heteroatoms. The molecule has 184 valence electrons. The van der Waals surface area contributed by atoms with Gasteiger partial charge in [-0.2, -0.15) is 0 Å². The number of benzene rings is 2. The minimum Gasteiger partial charge on any atom is -0.391 e. The second kappa shape index (κ2) is 14.1. The molecule has 0 unspecified atom stereocenters. The largest absolute Gasteiger partial charge is 0.391 e. The van der Waals surface area contributed by atoms with Crippen LogP contribution in [0.15, 0.2) is 48.5 Å². The van der Waals surface area contributed by atoms with Crippen molar-refractivity contribution in [1.29, 1.82) is 0 Å². The molecule has 0 aliphatic heterocycles. The van der Waals surface area contributed by atoms with E-state index in [1.54, 1.807) is 36.4 Å². The van der Waals surface area contributed by atoms with Crippen molar-refractivity contribution in [3.05, 3.63) is 59.7 Å². The highest BCUT2D eigenvalue weighted by Crippen LogP contribution is 2.20. The summed E-state index contributed by atoms with van der Waals surface area (Å²) in [5.41, 5.74) is 10.3. The quantitative estimate of drug-likeness (QED) is 0.223. The van der Waals surface area contributed by atoms with E-state index >= 15 is 0 Å². The van der Waals surface area contributed by atoms with Gasteiger partial charge in [-0.3, -0.25) is 19.2 Å². The highest BCUT2D eigenvalue weighted by atomic mass is 16.6. The normalized spacial score (nSPS) is 12.5. The summed E-state index contributed by atoms with van der Waals surface area (Å²) in [5.74, 6) is -1.27. The fourth-order valence-corrected chi connectivity index (χ4v) is 3.07. The number of rotatable bonds is 13. The Morgan fingerprint density at radius 1 is 0.941 bits per heavy atom. The molecule has 2 atom stereocenters. The first-order valence-electron chi connectivity index (χ1n) is 11.5. The lowest BCUT2D eigenvalue weighted by Crippen LogP contribution is -2.52. The van der Waals surface area contributed by atoms with Gasteiger partial charge < -0.3 is 21.5 Å². The van der Waals surface area contributed by atoms with Gasteiger partial charge >= 0.3 is 0 Å². The van der Waals surface area contributed by atoms with E-state index in [9.17, 15) is 19.5 Å². The Kier molecular flexibility index (Phi) is 11.2. The van der Waals surface area contributed by atoms with Gasteiger partial charge in [-0.15, -0.1) is 0 Å². The minimum absolute atomic E-state index is 0.153. The van der Waals surface area contributed by atoms with E-state index in [0.717, 1.165) is 30.4 Å². The lowest BCUT2D eigenvalue weighted by atomic mass is 10.0. The van der Waals surface area contributed by atoms with Crippen molar-refractivity contribution in [3.8, 4) is 11.1 Å². The summed E-state index contributed by atoms with van der Waals surface area (Å²) < 4.78 is 0. The summed E-state index contributed by atoms with van der Waals surface area (Å²) >= 11 is 0. The molecule has 0 saturated heterocycles. The van der Waals surface area contributed by atoms with Gasteiger partial charge in [0.2, 0.25) is 0 Å². The van der Waals surface area contributed by atoms with Gasteiger partial charge in [0.25, 0.3) is 17.7 Å². The van der Waals surface area contributed by atoms with Crippen molar-refractivity contribution in [2.45, 2.75) is 45.3 Å². The number of carbonyl (C=O) groups excluding carboxylic acids is 3. The van der Waals surface area contributed by atoms with Crippen molar-refractivity contribution < 1.29 is 24.3 Å². The Labute approximate surface area is 200 Å². The second-order valence-electron chi connectivity index (χ2n) is 7.91. The van der Waals surface area contributed by atoms with Crippen LogP contribution in [0.3, 0.4) is 0 Å². The molecule has 0 spiro atoms. The highest BCUT2D eigenvalue weighted by molar-refractivity contribution is 5.98. The molecule has 0 saturated carbocycles. The van der Waals surface area contributed by atoms with Crippen molar-refractivity contribution in [2.75, 3.05) is 19.7 Å². The van der Waals surface area contributed by atoms with Gasteiger partial charge in [0.15, 0.2) is 0 Å². The molecular formula is C25H34N4O5. The summed E-state index contributed by atoms with van der Waals surface area (Å²) in [4.78, 5) is 42.1. The van der Waals surface area contributed by atoms with Crippen LogP contribution in [0.4, 0.5) is 0 Å². The molecule has 2 aromatic rings. The maximum absolute atomic E-state index is 12.6. The molecule has 0 aromatic heterocycles. The summed E-state index contributed by atoms with van der Waals surface area (Å²) in [6.07, 6.45) is 1.31. The molecule has 0 aliphatic rings. The van der Waals surface area contributed by atoms with E-state index in [-0.39, 0.29) is 5.91 Å². The van der Waals surface area contributed by atoms with Gasteiger partial charge in [0.05, 0.1) is 12.7 Å². The maximum atomic E-state index is 12.6. The number of nitrogens with two attached hydrogens (primary N) is 1. The van der Waals surface area contributed by atoms with Crippen molar-refractivity contribution in [2.24, 2.45) is 5.73 Å². The van der Waals surface area contributed by atoms with Gasteiger partial charge in [-0.1, -0.05) is 37.6 Å². The van der Waals surface area contributed by atoms with Crippen LogP contribution in [0, 0.1) is 0 Å². The van der Waals surface area contributed by atoms with Crippen LogP contribution in [-0.2, 0) is 9.63 Å². The van der Waals surface area contributed by atoms with E-state index in [1.165, 1.54) is 6.92 Å². The number of hydrogen-bond acceptors (Lipinski definition) is 6. The van der Waals surface area contributed by atoms with Crippen molar-refractivity contribution >= 4 is 17.7 Å². The number of carbonyl (C=O) groups is 3. The third-order valence-electron chi connectivity index (χ3n) is 5.12. The standard InChI is InChI=1S/C25H34N4O5/c1-3-4-16-34-29-25(33)22(17(2)30)28-24(32)21-12-8-19(9-13-21)18-6-10-20(11-7-18)23(31)27-15-5-14-26/h6-13,17,22,30H,3-5,14-16,26H2,1-2H3,(H,27,31)(H,28,32)(H,29,33)/t17-,22+/m1/s1. The molecule has 9 nitrogen and oxygen atoms in total. The molecule has 0 radical (unpaired) electrons. The number of hydrogen-bond donors (Lipinski definition) is 5. The number of nitrogens with one attached hydrogen (secondary N) is 3. The number of unbranched alkanes of at least 4 members (excludes halogenated alkanes) is 1. The Balaban J connectivity index is 1.99. The Hall–Kier alpha value is -3.27. The molecule has 6 N–H and O–H groups in total. The smallest absolute Gasteiger partial charge is 0.268 e. The topological polar surface area (TPSA) is 143 Å². The Morgan fingerprint density at radius 2 is 1.50 bits per heavy atom. The summed E-state index contributed by atoms with van der Waals surface area (Å²) in [6, 6.07) is 12.8. The van der Waals surface area contributed by atoms with Gasteiger partial charge in [-0.25, -0.2) is 5.48 Å². The first-order valence-corrected chi connectivity index (χ1v) is 11.5. The van der Waals surface area contributed by atoms with Crippen LogP contribution in [0.25, 0.3) is 11.1 Å². The van der Waals surface area contributed by atoms with Crippen LogP contribution in [-0.4, -0.2) is 54.7 Å². The average molecular weight is 471 g/mol. The molecule has 0 heterocycles. The van der Waals surface area contributed by atoms with Crippen LogP contribution in [0.1, 0.15) is 53.8 Å². The van der Waals surface area contributed by atoms with Crippen LogP contribution >= 0.6 is 0 Å². The number of aliphatic hydroxyl groups excluding tert-OH is 1. The van der Waals surface area contributed by atoms with Crippen molar-refractivity contribution in [3.63, 3.8) is 0 Å². The lowest BCUT2D eigenvalue weighted by molar-refractivity contribution is -0.138. The second-order valence-corrected chi connectivity index (χ2v) is 7.91. The summed E-state index contributed by atoms with van der Waals surface area (Å²) in [7, 11) is 0. The predicted molar refractivity (Wildman–Crippen MR) is 130 cm³/mol. The number of amides is 3. The molecule has 0 bridgehead atoms. The molecule has 34 heavy (non-hydrogen) atoms. The number of aliphatic hydroxyl groups is 1. The van der Waals surface area contributed by atoms with Crippen LogP contribution < -0.4 is 21.8 Å². The van der Waals surface area contributed by atoms with Crippen LogP contribution in [0.5, 0.6) is 0 Å². The average Bonchev–Trinajstić information content (AvgIpc) is 2.85. The van der Waals surface area contributed by atoms with Crippen LogP contribution in [0.2, 0.25) is 0 Å². The third kappa shape index (κ3) is 8.26. The zero-order valence-electron chi connectivity index (χ0n) is 19.7. The molecule has 3 amide bonds. The lowest BCUT2D eigenvalue weighted by Gasteiger charge is -2.20. The molecule has 0 aliphatic carbocycles. The Morgan fingerprint density at radius 3 is 2.00 bits per heavy atom. The van der Waals surface area contributed by atoms with Gasteiger partial charge in [0, 0.05) is 17.7 Å². The maximum Gasteiger partial charge on any atom is 0.268 e. The fourth-order valence-electron chi connectivity index (χ4n) is 3.07. The fraction of sp³-hybridized carbons (Fsp3) is 0.400. The van der Waals surface area contributed by atoms with E-state index in [1.807, 2.05) is 19.1 Å². The monoisotopic (exact) mass is 470 g/mol. The van der Waals surface area contributed by atoms with E-state index in [2.05, 4.69) is 16.1 Å². The zero-order chi connectivity index (χ0) is 24.9. The SMILES string of the molecule is CCCCONC(=O)[C@@H](NC(=O)c1ccc(-c2ccc(C(=O)NCCCN)cc2)cc1)[C@@H](C)O. The molecular weight excluding hydrogens is 436 g/mol. The molecule has 0 fully saturated rings. The Bertz CT molecular complexity index is 929. The van der Waals surface area contributed by atoms with E-state index in [4.69, 9.17) is 10.6 Å². The van der Waals surface area contributed by atoms with Gasteiger partial charge in [-0.05, 0) is 61.7 Å². The van der Waals surface area contributed by atoms with E-state index < -0.39 is 24.0 Å². The third-order valence-corrected chi connectivity index (χ3v) is 5.12. The van der Waals surface area contributed by atoms with Gasteiger partial charge in [0.1, 0.15) is 6.04 Å². The summed E-state index contributed by atoms with van der Waals surface area (Å²) in [6.45, 7) is 4.82. The zero-order valence-corrected chi connectivity index (χ0v) is 19.7. The molecule has 2 rings (SSSR count). The highest BCUT2D eigenvalue weighted by Gasteiger charge is 2.26. The first kappa shape index (κ1) is 27.0. The molecule has 2 aromatic carbocycles. The first-order chi connectivity index (χ1) is 16.4. The number of hydroxylamine groups is 1. The van der Waals surface area contributed by atoms with E-state index in [0.29, 0.717) is 30.8 Å². The minimum atomic E-state index is -1.16. The van der Waals surface area contributed by atoms with Crippen molar-refractivity contribution in [1.82, 2.24) is 16.1 Å². The predicted octanol–water partition coefficient (Wildman–Crippen LogP) is 1.76. The summed E-state index contributed by atoms with van der Waals surface area (Å²) in [5, 5.41) is 15.3.